The highest BCUT2D eigenvalue weighted by molar-refractivity contribution is 7.87. The molecule has 8 heteroatoms. The first kappa shape index (κ1) is 26.3. The van der Waals surface area contributed by atoms with Crippen molar-refractivity contribution in [1.29, 1.82) is 0 Å². The van der Waals surface area contributed by atoms with Crippen molar-refractivity contribution < 1.29 is 25.6 Å². The van der Waals surface area contributed by atoms with Gasteiger partial charge in [0.1, 0.15) is 20.8 Å². The number of hydrogen-bond donors (Lipinski definition) is 0. The lowest BCUT2D eigenvalue weighted by Crippen LogP contribution is -2.17. The second kappa shape index (κ2) is 10.2. The Morgan fingerprint density at radius 1 is 0.650 bits per heavy atom. The van der Waals surface area contributed by atoms with Gasteiger partial charge in [0.25, 0.3) is 0 Å². The summed E-state index contributed by atoms with van der Waals surface area (Å²) < 4.78 is 70.5. The van der Waals surface area contributed by atoms with E-state index >= 15 is 0 Å². The first-order valence-electron chi connectivity index (χ1n) is 13.0. The summed E-state index contributed by atoms with van der Waals surface area (Å²) in [4.78, 5) is -0.290. The van der Waals surface area contributed by atoms with Crippen LogP contribution < -0.4 is 4.18 Å². The van der Waals surface area contributed by atoms with Gasteiger partial charge in [-0.05, 0) is 71.3 Å². The minimum atomic E-state index is -4.72. The fourth-order valence-corrected chi connectivity index (χ4v) is 7.75. The third kappa shape index (κ3) is 4.79. The number of hydrogen-bond acceptors (Lipinski definition) is 6. The minimum absolute atomic E-state index is 0.0219. The Kier molecular flexibility index (Phi) is 6.70. The number of benzene rings is 5. The Morgan fingerprint density at radius 2 is 1.25 bits per heavy atom. The third-order valence-corrected chi connectivity index (χ3v) is 9.56. The summed E-state index contributed by atoms with van der Waals surface area (Å²) in [6.07, 6.45) is 2.21. The number of fused-ring (bicyclic) bond motifs is 2. The largest absolute Gasteiger partial charge is 0.744 e. The second-order valence-corrected chi connectivity index (χ2v) is 12.6. The molecule has 0 fully saturated rings. The molecule has 202 valence electrons. The first-order chi connectivity index (χ1) is 19.2. The quantitative estimate of drug-likeness (QED) is 0.166. The van der Waals surface area contributed by atoms with Gasteiger partial charge in [-0.15, -0.1) is 0 Å². The summed E-state index contributed by atoms with van der Waals surface area (Å²) in [7, 11) is -9.19. The van der Waals surface area contributed by atoms with Crippen molar-refractivity contribution in [3.63, 3.8) is 0 Å². The Hall–Kier alpha value is -3.98. The maximum absolute atomic E-state index is 14.4. The molecule has 0 saturated heterocycles. The van der Waals surface area contributed by atoms with E-state index in [0.29, 0.717) is 52.6 Å². The predicted octanol–water partition coefficient (Wildman–Crippen LogP) is 6.72. The van der Waals surface area contributed by atoms with Gasteiger partial charge in [0, 0.05) is 16.7 Å². The summed E-state index contributed by atoms with van der Waals surface area (Å²) in [5.41, 5.74) is 3.24. The Bertz CT molecular complexity index is 1950. The molecule has 0 bridgehead atoms. The molecule has 0 atom stereocenters. The van der Waals surface area contributed by atoms with E-state index in [4.69, 9.17) is 4.18 Å². The van der Waals surface area contributed by atoms with Crippen LogP contribution in [0.3, 0.4) is 0 Å². The van der Waals surface area contributed by atoms with Gasteiger partial charge in [-0.25, -0.2) is 8.42 Å². The molecule has 1 aliphatic rings. The molecular weight excluding hydrogens is 544 g/mol. The van der Waals surface area contributed by atoms with E-state index in [1.54, 1.807) is 0 Å². The number of rotatable bonds is 6. The Labute approximate surface area is 233 Å². The van der Waals surface area contributed by atoms with Crippen molar-refractivity contribution in [3.05, 3.63) is 114 Å². The fraction of sp³-hybridized carbons (Fsp3) is 0.125. The summed E-state index contributed by atoms with van der Waals surface area (Å²) in [5.74, 6) is 0.0493. The van der Waals surface area contributed by atoms with Crippen molar-refractivity contribution >= 4 is 31.0 Å². The summed E-state index contributed by atoms with van der Waals surface area (Å²) in [6.45, 7) is 0. The van der Waals surface area contributed by atoms with Crippen LogP contribution >= 0.6 is 0 Å². The highest BCUT2D eigenvalue weighted by atomic mass is 32.2. The first-order valence-corrected chi connectivity index (χ1v) is 15.8. The lowest BCUT2D eigenvalue weighted by molar-refractivity contribution is 0.459. The van der Waals surface area contributed by atoms with Gasteiger partial charge in [-0.1, -0.05) is 84.9 Å². The molecule has 0 aromatic heterocycles. The maximum atomic E-state index is 14.4. The van der Waals surface area contributed by atoms with Gasteiger partial charge in [0.15, 0.2) is 0 Å². The average molecular weight is 570 g/mol. The van der Waals surface area contributed by atoms with Gasteiger partial charge in [-0.3, -0.25) is 0 Å². The Morgan fingerprint density at radius 3 is 1.93 bits per heavy atom. The van der Waals surface area contributed by atoms with E-state index in [9.17, 15) is 21.4 Å². The van der Waals surface area contributed by atoms with Crippen LogP contribution in [-0.4, -0.2) is 21.4 Å². The van der Waals surface area contributed by atoms with Gasteiger partial charge < -0.3 is 8.74 Å². The van der Waals surface area contributed by atoms with Gasteiger partial charge >= 0.3 is 10.1 Å². The van der Waals surface area contributed by atoms with Crippen LogP contribution in [-0.2, 0) is 33.1 Å². The molecule has 0 aliphatic heterocycles. The maximum Gasteiger partial charge on any atom is 0.340 e. The summed E-state index contributed by atoms with van der Waals surface area (Å²) >= 11 is 0. The molecule has 5 aromatic carbocycles. The van der Waals surface area contributed by atoms with Crippen molar-refractivity contribution in [3.8, 4) is 28.0 Å². The zero-order valence-electron chi connectivity index (χ0n) is 21.4. The molecule has 0 N–H and O–H groups in total. The Balaban J connectivity index is 1.63. The van der Waals surface area contributed by atoms with Gasteiger partial charge in [0.05, 0.1) is 4.90 Å². The van der Waals surface area contributed by atoms with Crippen LogP contribution in [0.15, 0.2) is 113 Å². The van der Waals surface area contributed by atoms with Crippen LogP contribution in [0.4, 0.5) is 0 Å². The lowest BCUT2D eigenvalue weighted by Gasteiger charge is -2.24. The molecule has 6 nitrogen and oxygen atoms in total. The molecule has 0 heterocycles. The van der Waals surface area contributed by atoms with E-state index < -0.39 is 20.2 Å². The van der Waals surface area contributed by atoms with Crippen molar-refractivity contribution in [2.24, 2.45) is 0 Å². The van der Waals surface area contributed by atoms with E-state index in [2.05, 4.69) is 0 Å². The van der Waals surface area contributed by atoms with E-state index in [0.717, 1.165) is 23.3 Å². The summed E-state index contributed by atoms with van der Waals surface area (Å²) in [6, 6.07) is 30.5. The second-order valence-electron chi connectivity index (χ2n) is 9.80. The van der Waals surface area contributed by atoms with Crippen molar-refractivity contribution in [2.75, 3.05) is 0 Å². The molecule has 6 rings (SSSR count). The van der Waals surface area contributed by atoms with Gasteiger partial charge in [-0.2, -0.15) is 8.42 Å². The van der Waals surface area contributed by atoms with E-state index in [-0.39, 0.29) is 15.5 Å². The van der Waals surface area contributed by atoms with E-state index in [1.807, 2.05) is 91.0 Å². The monoisotopic (exact) mass is 569 g/mol. The van der Waals surface area contributed by atoms with E-state index in [1.165, 1.54) is 6.07 Å². The molecule has 0 amide bonds. The highest BCUT2D eigenvalue weighted by Gasteiger charge is 2.31. The molecule has 0 spiro atoms. The van der Waals surface area contributed by atoms with Crippen molar-refractivity contribution in [1.82, 2.24) is 0 Å². The zero-order chi connectivity index (χ0) is 27.9. The topological polar surface area (TPSA) is 101 Å². The summed E-state index contributed by atoms with van der Waals surface area (Å²) in [5, 5.41) is 1.63. The van der Waals surface area contributed by atoms with Crippen LogP contribution in [0.25, 0.3) is 33.0 Å². The smallest absolute Gasteiger partial charge is 0.340 e. The molecule has 0 unspecified atom stereocenters. The van der Waals surface area contributed by atoms with Crippen LogP contribution in [0.1, 0.15) is 24.0 Å². The SMILES string of the molecule is O=S(=O)([O-])c1ccc(OS(=O)(=O)c2c(-c3ccccc3)cc3ccccc3c2-c2ccccc2)c2c1CCCC2. The standard InChI is InChI=1S/C32H26O6S2/c33-39(34,35)30-20-19-29(26-17-9-10-18-27(26)30)38-40(36,37)32-28(22-11-3-1-4-12-22)21-24-15-7-8-16-25(24)31(32)23-13-5-2-6-14-23/h1-8,11-16,19-21H,9-10,17-18H2,(H,33,34,35)/p-1. The zero-order valence-corrected chi connectivity index (χ0v) is 23.0. The molecule has 1 aliphatic carbocycles. The fourth-order valence-electron chi connectivity index (χ4n) is 5.59. The van der Waals surface area contributed by atoms with Crippen LogP contribution in [0.5, 0.6) is 5.75 Å². The molecular formula is C32H25O6S2-. The normalized spacial score (nSPS) is 13.6. The third-order valence-electron chi connectivity index (χ3n) is 7.32. The van der Waals surface area contributed by atoms with Crippen molar-refractivity contribution in [2.45, 2.75) is 35.5 Å². The highest BCUT2D eigenvalue weighted by Crippen LogP contribution is 2.43. The molecule has 40 heavy (non-hydrogen) atoms. The average Bonchev–Trinajstić information content (AvgIpc) is 2.96. The lowest BCUT2D eigenvalue weighted by atomic mass is 9.91. The van der Waals surface area contributed by atoms with Crippen LogP contribution in [0, 0.1) is 0 Å². The van der Waals surface area contributed by atoms with Crippen LogP contribution in [0.2, 0.25) is 0 Å². The molecule has 0 saturated carbocycles. The molecule has 0 radical (unpaired) electrons. The minimum Gasteiger partial charge on any atom is -0.744 e. The van der Waals surface area contributed by atoms with Gasteiger partial charge in [0.2, 0.25) is 0 Å². The predicted molar refractivity (Wildman–Crippen MR) is 154 cm³/mol. The molecule has 5 aromatic rings.